The lowest BCUT2D eigenvalue weighted by atomic mass is 9.92. The van der Waals surface area contributed by atoms with Crippen molar-refractivity contribution in [3.8, 4) is 0 Å². The number of Topliss-reactive ketones (excluding diaryl/α,β-unsaturated/α-hetero) is 1. The van der Waals surface area contributed by atoms with Crippen LogP contribution in [0.15, 0.2) is 60.8 Å². The van der Waals surface area contributed by atoms with E-state index in [2.05, 4.69) is 17.4 Å². The molecular formula is C20H23ClN2O. The van der Waals surface area contributed by atoms with Crippen molar-refractivity contribution in [2.24, 2.45) is 7.05 Å². The molecule has 126 valence electrons. The lowest BCUT2D eigenvalue weighted by Crippen LogP contribution is -2.46. The molecule has 0 bridgehead atoms. The molecule has 1 heterocycles. The first kappa shape index (κ1) is 18.2. The Kier molecular flexibility index (Phi) is 5.47. The molecule has 0 unspecified atom stereocenters. The maximum Gasteiger partial charge on any atom is 0.184 e. The Hall–Kier alpha value is -2.10. The topological polar surface area (TPSA) is 34.0 Å². The fourth-order valence-electron chi connectivity index (χ4n) is 2.86. The number of carbonyl (C=O) groups excluding carboxylic acids is 1. The fraction of sp³-hybridized carbons (Fsp3) is 0.250. The highest BCUT2D eigenvalue weighted by Crippen LogP contribution is 2.24. The van der Waals surface area contributed by atoms with Gasteiger partial charge in [0.1, 0.15) is 0 Å². The minimum atomic E-state index is -0.625. The summed E-state index contributed by atoms with van der Waals surface area (Å²) in [6, 6.07) is 18.2. The number of aromatic nitrogens is 1. The van der Waals surface area contributed by atoms with Crippen LogP contribution in [0.1, 0.15) is 29.8 Å². The Morgan fingerprint density at radius 1 is 1.04 bits per heavy atom. The zero-order chi connectivity index (χ0) is 16.4. The molecule has 0 spiro atoms. The van der Waals surface area contributed by atoms with Gasteiger partial charge in [-0.25, -0.2) is 0 Å². The van der Waals surface area contributed by atoms with Crippen LogP contribution in [0.4, 0.5) is 0 Å². The molecule has 0 saturated carbocycles. The van der Waals surface area contributed by atoms with Crippen LogP contribution in [0.5, 0.6) is 0 Å². The summed E-state index contributed by atoms with van der Waals surface area (Å²) >= 11 is 0. The Labute approximate surface area is 149 Å². The third-order valence-corrected chi connectivity index (χ3v) is 4.29. The lowest BCUT2D eigenvalue weighted by molar-refractivity contribution is 0.0882. The highest BCUT2D eigenvalue weighted by Gasteiger charge is 2.30. The third kappa shape index (κ3) is 3.53. The average molecular weight is 343 g/mol. The molecule has 2 aromatic carbocycles. The van der Waals surface area contributed by atoms with Crippen LogP contribution >= 0.6 is 12.4 Å². The van der Waals surface area contributed by atoms with Gasteiger partial charge in [-0.2, -0.15) is 0 Å². The number of halogens is 1. The molecule has 0 saturated heterocycles. The van der Waals surface area contributed by atoms with E-state index in [1.165, 1.54) is 5.56 Å². The summed E-state index contributed by atoms with van der Waals surface area (Å²) in [5, 5.41) is 4.40. The van der Waals surface area contributed by atoms with Crippen LogP contribution in [0.25, 0.3) is 10.9 Å². The monoisotopic (exact) mass is 342 g/mol. The SMILES string of the molecule is Cl.Cn1cc(C(=O)C(C)(C)NCc2ccccc2)c2ccccc21. The Morgan fingerprint density at radius 2 is 1.67 bits per heavy atom. The number of hydrogen-bond donors (Lipinski definition) is 1. The molecule has 1 N–H and O–H groups in total. The molecule has 0 atom stereocenters. The summed E-state index contributed by atoms with van der Waals surface area (Å²) in [5.41, 5.74) is 2.40. The predicted octanol–water partition coefficient (Wildman–Crippen LogP) is 4.35. The molecule has 3 nitrogen and oxygen atoms in total. The van der Waals surface area contributed by atoms with Gasteiger partial charge in [0.05, 0.1) is 5.54 Å². The van der Waals surface area contributed by atoms with E-state index in [9.17, 15) is 4.79 Å². The molecule has 1 aromatic heterocycles. The van der Waals surface area contributed by atoms with Gasteiger partial charge in [-0.15, -0.1) is 12.4 Å². The summed E-state index contributed by atoms with van der Waals surface area (Å²) in [4.78, 5) is 13.0. The number of fused-ring (bicyclic) bond motifs is 1. The number of carbonyl (C=O) groups is 1. The first-order chi connectivity index (χ1) is 11.0. The van der Waals surface area contributed by atoms with Gasteiger partial charge < -0.3 is 9.88 Å². The van der Waals surface area contributed by atoms with Crippen molar-refractivity contribution in [1.82, 2.24) is 9.88 Å². The molecule has 0 aliphatic heterocycles. The molecule has 0 amide bonds. The van der Waals surface area contributed by atoms with Crippen molar-refractivity contribution in [3.05, 3.63) is 71.9 Å². The maximum atomic E-state index is 13.0. The summed E-state index contributed by atoms with van der Waals surface area (Å²) in [6.45, 7) is 4.56. The summed E-state index contributed by atoms with van der Waals surface area (Å²) < 4.78 is 2.01. The minimum absolute atomic E-state index is 0. The lowest BCUT2D eigenvalue weighted by Gasteiger charge is -2.24. The molecule has 4 heteroatoms. The summed E-state index contributed by atoms with van der Waals surface area (Å²) in [6.07, 6.45) is 1.93. The molecule has 24 heavy (non-hydrogen) atoms. The quantitative estimate of drug-likeness (QED) is 0.699. The van der Waals surface area contributed by atoms with Crippen LogP contribution in [0.2, 0.25) is 0 Å². The highest BCUT2D eigenvalue weighted by atomic mass is 35.5. The Bertz CT molecular complexity index is 837. The molecule has 0 radical (unpaired) electrons. The van der Waals surface area contributed by atoms with Crippen molar-refractivity contribution in [2.75, 3.05) is 0 Å². The summed E-state index contributed by atoms with van der Waals surface area (Å²) in [5.74, 6) is 0.116. The van der Waals surface area contributed by atoms with Crippen molar-refractivity contribution < 1.29 is 4.79 Å². The minimum Gasteiger partial charge on any atom is -0.350 e. The average Bonchev–Trinajstić information content (AvgIpc) is 2.91. The second kappa shape index (κ2) is 7.20. The number of rotatable bonds is 5. The fourth-order valence-corrected chi connectivity index (χ4v) is 2.86. The normalized spacial score (nSPS) is 11.3. The number of benzene rings is 2. The van der Waals surface area contributed by atoms with Crippen molar-refractivity contribution in [2.45, 2.75) is 25.9 Å². The second-order valence-electron chi connectivity index (χ2n) is 6.46. The summed E-state index contributed by atoms with van der Waals surface area (Å²) in [7, 11) is 1.98. The first-order valence-electron chi connectivity index (χ1n) is 7.87. The molecule has 3 aromatic rings. The van der Waals surface area contributed by atoms with E-state index in [0.717, 1.165) is 16.5 Å². The number of nitrogens with one attached hydrogen (secondary N) is 1. The van der Waals surface area contributed by atoms with Crippen molar-refractivity contribution >= 4 is 29.1 Å². The second-order valence-corrected chi connectivity index (χ2v) is 6.46. The van der Waals surface area contributed by atoms with Gasteiger partial charge in [0.15, 0.2) is 5.78 Å². The van der Waals surface area contributed by atoms with E-state index in [1.54, 1.807) is 0 Å². The number of para-hydroxylation sites is 1. The molecule has 0 aliphatic rings. The van der Waals surface area contributed by atoms with Gasteiger partial charge in [-0.05, 0) is 25.5 Å². The maximum absolute atomic E-state index is 13.0. The van der Waals surface area contributed by atoms with Gasteiger partial charge in [-0.3, -0.25) is 4.79 Å². The van der Waals surface area contributed by atoms with Crippen LogP contribution < -0.4 is 5.32 Å². The van der Waals surface area contributed by atoms with E-state index < -0.39 is 5.54 Å². The number of aryl methyl sites for hydroxylation is 1. The standard InChI is InChI=1S/C20H22N2O.ClH/c1-20(2,21-13-15-9-5-4-6-10-15)19(23)17-14-22(3)18-12-8-7-11-16(17)18;/h4-12,14,21H,13H2,1-3H3;1H. The first-order valence-corrected chi connectivity index (χ1v) is 7.87. The molecule has 0 aliphatic carbocycles. The van der Waals surface area contributed by atoms with E-state index in [1.807, 2.05) is 74.1 Å². The Balaban J connectivity index is 0.00000208. The Morgan fingerprint density at radius 3 is 2.38 bits per heavy atom. The number of hydrogen-bond acceptors (Lipinski definition) is 2. The van der Waals surface area contributed by atoms with E-state index >= 15 is 0 Å². The van der Waals surface area contributed by atoms with Crippen molar-refractivity contribution in [1.29, 1.82) is 0 Å². The largest absolute Gasteiger partial charge is 0.350 e. The van der Waals surface area contributed by atoms with Gasteiger partial charge in [0, 0.05) is 36.3 Å². The zero-order valence-corrected chi connectivity index (χ0v) is 15.1. The molecule has 0 fully saturated rings. The smallest absolute Gasteiger partial charge is 0.184 e. The van der Waals surface area contributed by atoms with Gasteiger partial charge >= 0.3 is 0 Å². The van der Waals surface area contributed by atoms with Crippen LogP contribution in [0.3, 0.4) is 0 Å². The van der Waals surface area contributed by atoms with Crippen LogP contribution in [-0.4, -0.2) is 15.9 Å². The van der Waals surface area contributed by atoms with Crippen LogP contribution in [0, 0.1) is 0 Å². The van der Waals surface area contributed by atoms with Crippen molar-refractivity contribution in [3.63, 3.8) is 0 Å². The number of nitrogens with zero attached hydrogens (tertiary/aromatic N) is 1. The van der Waals surface area contributed by atoms with E-state index in [4.69, 9.17) is 0 Å². The predicted molar refractivity (Wildman–Crippen MR) is 102 cm³/mol. The molecular weight excluding hydrogens is 320 g/mol. The zero-order valence-electron chi connectivity index (χ0n) is 14.2. The van der Waals surface area contributed by atoms with E-state index in [0.29, 0.717) is 6.54 Å². The van der Waals surface area contributed by atoms with Gasteiger partial charge in [-0.1, -0.05) is 48.5 Å². The highest BCUT2D eigenvalue weighted by molar-refractivity contribution is 6.12. The van der Waals surface area contributed by atoms with Gasteiger partial charge in [0.25, 0.3) is 0 Å². The van der Waals surface area contributed by atoms with E-state index in [-0.39, 0.29) is 18.2 Å². The molecule has 3 rings (SSSR count). The third-order valence-electron chi connectivity index (χ3n) is 4.29. The number of ketones is 1. The van der Waals surface area contributed by atoms with Crippen LogP contribution in [-0.2, 0) is 13.6 Å². The van der Waals surface area contributed by atoms with Gasteiger partial charge in [0.2, 0.25) is 0 Å².